The number of hydrazine groups is 1. The van der Waals surface area contributed by atoms with E-state index in [9.17, 15) is 9.59 Å². The predicted octanol–water partition coefficient (Wildman–Crippen LogP) is 3.61. The monoisotopic (exact) mass is 431 g/mol. The second kappa shape index (κ2) is 11.3. The molecule has 0 heterocycles. The first-order valence-electron chi connectivity index (χ1n) is 9.52. The van der Waals surface area contributed by atoms with Crippen LogP contribution in [0.4, 0.5) is 0 Å². The Labute approximate surface area is 185 Å². The van der Waals surface area contributed by atoms with Gasteiger partial charge in [-0.05, 0) is 41.6 Å². The normalized spacial score (nSPS) is 10.3. The van der Waals surface area contributed by atoms with Gasteiger partial charge >= 0.3 is 0 Å². The average molecular weight is 432 g/mol. The standard InChI is InChI=1S/C24H21N3O3S/c28-22(16-15-18-9-3-1-4-10-18)25-24(31)27-26-23(29)20-13-7-8-14-21(20)30-17-19-11-5-2-6-12-19/h1-16H,17H2,(H,26,29)(H2,25,27,28,31)/b16-15+. The van der Waals surface area contributed by atoms with E-state index in [0.717, 1.165) is 11.1 Å². The Hall–Kier alpha value is -3.97. The Bertz CT molecular complexity index is 1070. The minimum absolute atomic E-state index is 0.0289. The van der Waals surface area contributed by atoms with Crippen LogP contribution in [0.5, 0.6) is 5.75 Å². The fourth-order valence-corrected chi connectivity index (χ4v) is 2.77. The fourth-order valence-electron chi connectivity index (χ4n) is 2.62. The van der Waals surface area contributed by atoms with E-state index in [1.165, 1.54) is 6.08 Å². The largest absolute Gasteiger partial charge is 0.488 e. The molecule has 0 aliphatic carbocycles. The zero-order valence-corrected chi connectivity index (χ0v) is 17.4. The fraction of sp³-hybridized carbons (Fsp3) is 0.0417. The number of benzene rings is 3. The van der Waals surface area contributed by atoms with E-state index in [1.807, 2.05) is 60.7 Å². The lowest BCUT2D eigenvalue weighted by atomic mass is 10.2. The molecule has 31 heavy (non-hydrogen) atoms. The third-order valence-corrected chi connectivity index (χ3v) is 4.33. The van der Waals surface area contributed by atoms with Gasteiger partial charge in [0.2, 0.25) is 5.91 Å². The van der Waals surface area contributed by atoms with Crippen LogP contribution in [-0.4, -0.2) is 16.9 Å². The third-order valence-electron chi connectivity index (χ3n) is 4.12. The van der Waals surface area contributed by atoms with Gasteiger partial charge < -0.3 is 4.74 Å². The van der Waals surface area contributed by atoms with Crippen LogP contribution in [0.15, 0.2) is 91.0 Å². The van der Waals surface area contributed by atoms with E-state index in [4.69, 9.17) is 17.0 Å². The molecule has 0 aromatic heterocycles. The van der Waals surface area contributed by atoms with Crippen molar-refractivity contribution in [3.05, 3.63) is 108 Å². The number of ether oxygens (including phenoxy) is 1. The molecule has 3 N–H and O–H groups in total. The van der Waals surface area contributed by atoms with Gasteiger partial charge in [0.1, 0.15) is 12.4 Å². The van der Waals surface area contributed by atoms with Crippen LogP contribution >= 0.6 is 12.2 Å². The highest BCUT2D eigenvalue weighted by Gasteiger charge is 2.12. The molecule has 6 nitrogen and oxygen atoms in total. The van der Waals surface area contributed by atoms with E-state index < -0.39 is 11.8 Å². The van der Waals surface area contributed by atoms with E-state index >= 15 is 0 Å². The van der Waals surface area contributed by atoms with Crippen molar-refractivity contribution in [3.63, 3.8) is 0 Å². The lowest BCUT2D eigenvalue weighted by Gasteiger charge is -2.13. The van der Waals surface area contributed by atoms with Crippen molar-refractivity contribution in [3.8, 4) is 5.75 Å². The second-order valence-corrected chi connectivity index (χ2v) is 6.82. The minimum Gasteiger partial charge on any atom is -0.488 e. The minimum atomic E-state index is -0.444. The van der Waals surface area contributed by atoms with Gasteiger partial charge in [0.05, 0.1) is 5.56 Å². The van der Waals surface area contributed by atoms with Crippen LogP contribution in [0, 0.1) is 0 Å². The van der Waals surface area contributed by atoms with Gasteiger partial charge in [-0.3, -0.25) is 25.8 Å². The van der Waals surface area contributed by atoms with E-state index in [-0.39, 0.29) is 5.11 Å². The van der Waals surface area contributed by atoms with Crippen molar-refractivity contribution < 1.29 is 14.3 Å². The van der Waals surface area contributed by atoms with Crippen LogP contribution in [0.1, 0.15) is 21.5 Å². The Morgan fingerprint density at radius 2 is 1.48 bits per heavy atom. The maximum Gasteiger partial charge on any atom is 0.273 e. The molecule has 7 heteroatoms. The van der Waals surface area contributed by atoms with Gasteiger partial charge in [-0.2, -0.15) is 0 Å². The number of hydrogen-bond acceptors (Lipinski definition) is 4. The summed E-state index contributed by atoms with van der Waals surface area (Å²) < 4.78 is 5.79. The number of hydrogen-bond donors (Lipinski definition) is 3. The number of carbonyl (C=O) groups is 2. The van der Waals surface area contributed by atoms with Gasteiger partial charge in [-0.25, -0.2) is 0 Å². The molecule has 0 saturated carbocycles. The molecule has 0 saturated heterocycles. The van der Waals surface area contributed by atoms with Crippen LogP contribution in [-0.2, 0) is 11.4 Å². The average Bonchev–Trinajstić information content (AvgIpc) is 2.81. The molecule has 2 amide bonds. The van der Waals surface area contributed by atoms with Gasteiger partial charge in [0.25, 0.3) is 5.91 Å². The Balaban J connectivity index is 1.50. The van der Waals surface area contributed by atoms with Gasteiger partial charge in [0.15, 0.2) is 5.11 Å². The van der Waals surface area contributed by atoms with Crippen molar-refractivity contribution in [2.45, 2.75) is 6.61 Å². The number of carbonyl (C=O) groups excluding carboxylic acids is 2. The van der Waals surface area contributed by atoms with Crippen molar-refractivity contribution in [2.24, 2.45) is 0 Å². The van der Waals surface area contributed by atoms with E-state index in [2.05, 4.69) is 16.2 Å². The quantitative estimate of drug-likeness (QED) is 0.316. The van der Waals surface area contributed by atoms with Crippen molar-refractivity contribution in [1.82, 2.24) is 16.2 Å². The molecule has 0 radical (unpaired) electrons. The number of rotatable bonds is 6. The number of thiocarbonyl (C=S) groups is 1. The summed E-state index contributed by atoms with van der Waals surface area (Å²) in [5, 5.41) is 2.44. The topological polar surface area (TPSA) is 79.5 Å². The molecule has 0 atom stereocenters. The molecule has 0 aliphatic rings. The zero-order valence-electron chi connectivity index (χ0n) is 16.6. The number of para-hydroxylation sites is 1. The SMILES string of the molecule is O=C(/C=C/c1ccccc1)NC(=S)NNC(=O)c1ccccc1OCc1ccccc1. The van der Waals surface area contributed by atoms with Crippen LogP contribution in [0.3, 0.4) is 0 Å². The molecule has 156 valence electrons. The summed E-state index contributed by atoms with van der Waals surface area (Å²) in [4.78, 5) is 24.5. The van der Waals surface area contributed by atoms with Crippen molar-refractivity contribution >= 4 is 35.2 Å². The maximum absolute atomic E-state index is 12.5. The molecule has 0 spiro atoms. The predicted molar refractivity (Wildman–Crippen MR) is 124 cm³/mol. The molecular formula is C24H21N3O3S. The number of amides is 2. The lowest BCUT2D eigenvalue weighted by Crippen LogP contribution is -2.48. The molecule has 3 aromatic rings. The highest BCUT2D eigenvalue weighted by atomic mass is 32.1. The molecule has 3 rings (SSSR count). The first kappa shape index (κ1) is 21.7. The van der Waals surface area contributed by atoms with E-state index in [0.29, 0.717) is 17.9 Å². The molecule has 3 aromatic carbocycles. The van der Waals surface area contributed by atoms with Gasteiger partial charge in [-0.15, -0.1) is 0 Å². The highest BCUT2D eigenvalue weighted by molar-refractivity contribution is 7.80. The Morgan fingerprint density at radius 3 is 2.23 bits per heavy atom. The summed E-state index contributed by atoms with van der Waals surface area (Å²) in [5.41, 5.74) is 7.20. The maximum atomic E-state index is 12.5. The van der Waals surface area contributed by atoms with Crippen molar-refractivity contribution in [1.29, 1.82) is 0 Å². The van der Waals surface area contributed by atoms with Crippen LogP contribution in [0.25, 0.3) is 6.08 Å². The first-order chi connectivity index (χ1) is 15.1. The number of nitrogens with one attached hydrogen (secondary N) is 3. The van der Waals surface area contributed by atoms with Crippen LogP contribution < -0.4 is 20.9 Å². The summed E-state index contributed by atoms with van der Waals surface area (Å²) in [6.45, 7) is 0.334. The highest BCUT2D eigenvalue weighted by Crippen LogP contribution is 2.19. The Morgan fingerprint density at radius 1 is 0.839 bits per heavy atom. The summed E-state index contributed by atoms with van der Waals surface area (Å²) in [7, 11) is 0. The summed E-state index contributed by atoms with van der Waals surface area (Å²) in [6, 6.07) is 25.9. The first-order valence-corrected chi connectivity index (χ1v) is 9.93. The zero-order chi connectivity index (χ0) is 21.9. The molecule has 0 unspecified atom stereocenters. The van der Waals surface area contributed by atoms with Gasteiger partial charge in [0, 0.05) is 6.08 Å². The molecule has 0 fully saturated rings. The molecule has 0 aliphatic heterocycles. The van der Waals surface area contributed by atoms with Gasteiger partial charge in [-0.1, -0.05) is 72.8 Å². The Kier molecular flexibility index (Phi) is 7.90. The summed E-state index contributed by atoms with van der Waals surface area (Å²) in [6.07, 6.45) is 3.02. The van der Waals surface area contributed by atoms with Crippen molar-refractivity contribution in [2.75, 3.05) is 0 Å². The smallest absolute Gasteiger partial charge is 0.273 e. The molecular weight excluding hydrogens is 410 g/mol. The lowest BCUT2D eigenvalue weighted by molar-refractivity contribution is -0.115. The third kappa shape index (κ3) is 7.09. The van der Waals surface area contributed by atoms with Crippen LogP contribution in [0.2, 0.25) is 0 Å². The summed E-state index contributed by atoms with van der Waals surface area (Å²) in [5.74, 6) is -0.423. The van der Waals surface area contributed by atoms with E-state index in [1.54, 1.807) is 30.3 Å². The molecule has 0 bridgehead atoms. The summed E-state index contributed by atoms with van der Waals surface area (Å²) >= 11 is 5.05. The second-order valence-electron chi connectivity index (χ2n) is 6.41.